The second-order valence-corrected chi connectivity index (χ2v) is 12.4. The molecule has 6 nitrogen and oxygen atoms in total. The highest BCUT2D eigenvalue weighted by atomic mass is 35.5. The van der Waals surface area contributed by atoms with Crippen molar-refractivity contribution in [3.63, 3.8) is 0 Å². The van der Waals surface area contributed by atoms with E-state index in [4.69, 9.17) is 11.6 Å². The molecule has 166 valence electrons. The molecule has 4 fully saturated rings. The molecule has 4 saturated carbocycles. The summed E-state index contributed by atoms with van der Waals surface area (Å²) in [5.41, 5.74) is -1.01. The molecule has 0 heterocycles. The first kappa shape index (κ1) is 22.1. The van der Waals surface area contributed by atoms with E-state index in [-0.39, 0.29) is 23.3 Å². The molecule has 2 unspecified atom stereocenters. The number of amides is 1. The maximum absolute atomic E-state index is 12.9. The number of rotatable bonds is 6. The molecule has 8 heteroatoms. The van der Waals surface area contributed by atoms with Gasteiger partial charge in [0.1, 0.15) is 0 Å². The number of halogens is 1. The smallest absolute Gasteiger partial charge is 0.241 e. The summed E-state index contributed by atoms with van der Waals surface area (Å²) < 4.78 is 28.5. The first-order valence-corrected chi connectivity index (χ1v) is 12.5. The van der Waals surface area contributed by atoms with Gasteiger partial charge >= 0.3 is 0 Å². The Morgan fingerprint density at radius 1 is 1.23 bits per heavy atom. The Morgan fingerprint density at radius 2 is 1.87 bits per heavy atom. The number of benzene rings is 1. The van der Waals surface area contributed by atoms with E-state index in [1.807, 2.05) is 0 Å². The molecular weight excluding hydrogens is 424 g/mol. The Morgan fingerprint density at radius 3 is 2.47 bits per heavy atom. The van der Waals surface area contributed by atoms with E-state index in [1.165, 1.54) is 6.07 Å². The fourth-order valence-electron chi connectivity index (χ4n) is 6.19. The van der Waals surface area contributed by atoms with Gasteiger partial charge in [0.05, 0.1) is 10.5 Å². The van der Waals surface area contributed by atoms with Crippen LogP contribution >= 0.6 is 11.6 Å². The number of nitrogens with one attached hydrogen (secondary N) is 2. The van der Waals surface area contributed by atoms with Crippen LogP contribution in [0.3, 0.4) is 0 Å². The minimum absolute atomic E-state index is 0.0372. The number of hydrogen-bond donors (Lipinski definition) is 3. The summed E-state index contributed by atoms with van der Waals surface area (Å²) in [6.07, 6.45) is 4.58. The molecule has 0 aliphatic heterocycles. The standard InChI is InChI=1S/C22H31ClN2O4S/c1-13-17(23)5-4-6-18(13)30(28,29)25-21(2,3)12-19(26)24-20-15-7-14-8-16(20)11-22(27,9-14)10-15/h4-6,14-16,20,25,27H,7-12H2,1-3H3,(H,24,26)/t14?,15?,16?,20-,22-. The fraction of sp³-hybridized carbons (Fsp3) is 0.682. The Hall–Kier alpha value is -1.15. The highest BCUT2D eigenvalue weighted by molar-refractivity contribution is 7.89. The largest absolute Gasteiger partial charge is 0.390 e. The molecule has 5 rings (SSSR count). The maximum atomic E-state index is 12.9. The number of carbonyl (C=O) groups excluding carboxylic acids is 1. The first-order valence-electron chi connectivity index (χ1n) is 10.7. The Bertz CT molecular complexity index is 946. The SMILES string of the molecule is Cc1c(Cl)cccc1S(=O)(=O)NC(C)(C)CC(=O)N[C@H]1C2CC3CC1C[C@](O)(C3)C2. The van der Waals surface area contributed by atoms with Crippen molar-refractivity contribution >= 4 is 27.5 Å². The van der Waals surface area contributed by atoms with Gasteiger partial charge in [-0.25, -0.2) is 13.1 Å². The summed E-state index contributed by atoms with van der Waals surface area (Å²) in [5, 5.41) is 14.3. The van der Waals surface area contributed by atoms with Crippen LogP contribution in [0.1, 0.15) is 57.9 Å². The van der Waals surface area contributed by atoms with Crippen molar-refractivity contribution in [3.05, 3.63) is 28.8 Å². The maximum Gasteiger partial charge on any atom is 0.241 e. The van der Waals surface area contributed by atoms with Gasteiger partial charge < -0.3 is 10.4 Å². The van der Waals surface area contributed by atoms with Crippen molar-refractivity contribution in [1.82, 2.24) is 10.0 Å². The highest BCUT2D eigenvalue weighted by Gasteiger charge is 2.55. The zero-order valence-corrected chi connectivity index (χ0v) is 19.3. The summed E-state index contributed by atoms with van der Waals surface area (Å²) >= 11 is 6.08. The quantitative estimate of drug-likeness (QED) is 0.615. The lowest BCUT2D eigenvalue weighted by Gasteiger charge is -2.58. The van der Waals surface area contributed by atoms with Crippen LogP contribution in [0.5, 0.6) is 0 Å². The minimum atomic E-state index is -3.82. The van der Waals surface area contributed by atoms with Crippen LogP contribution in [0.25, 0.3) is 0 Å². The van der Waals surface area contributed by atoms with E-state index in [1.54, 1.807) is 32.9 Å². The average Bonchev–Trinajstić information content (AvgIpc) is 2.57. The van der Waals surface area contributed by atoms with Gasteiger partial charge in [0, 0.05) is 23.0 Å². The molecule has 1 amide bonds. The Labute approximate surface area is 183 Å². The molecule has 4 bridgehead atoms. The lowest BCUT2D eigenvalue weighted by molar-refractivity contribution is -0.147. The van der Waals surface area contributed by atoms with Crippen LogP contribution in [0.2, 0.25) is 5.02 Å². The van der Waals surface area contributed by atoms with Crippen molar-refractivity contribution in [3.8, 4) is 0 Å². The molecular formula is C22H31ClN2O4S. The zero-order chi connectivity index (χ0) is 21.9. The molecule has 1 aromatic carbocycles. The lowest BCUT2D eigenvalue weighted by atomic mass is 9.52. The molecule has 2 atom stereocenters. The van der Waals surface area contributed by atoms with E-state index in [0.29, 0.717) is 28.3 Å². The number of aliphatic hydroxyl groups is 1. The molecule has 1 aromatic rings. The summed E-state index contributed by atoms with van der Waals surface area (Å²) in [7, 11) is -3.82. The monoisotopic (exact) mass is 454 g/mol. The van der Waals surface area contributed by atoms with Gasteiger partial charge in [0.2, 0.25) is 15.9 Å². The topological polar surface area (TPSA) is 95.5 Å². The number of carbonyl (C=O) groups is 1. The normalized spacial score (nSPS) is 33.0. The van der Waals surface area contributed by atoms with Crippen molar-refractivity contribution in [2.45, 2.75) is 81.4 Å². The molecule has 0 radical (unpaired) electrons. The average molecular weight is 455 g/mol. The third kappa shape index (κ3) is 4.27. The second kappa shape index (κ2) is 7.47. The van der Waals surface area contributed by atoms with Crippen LogP contribution in [-0.2, 0) is 14.8 Å². The second-order valence-electron chi connectivity index (χ2n) is 10.3. The lowest BCUT2D eigenvalue weighted by Crippen LogP contribution is -2.62. The summed E-state index contributed by atoms with van der Waals surface area (Å²) in [6, 6.07) is 4.84. The van der Waals surface area contributed by atoms with E-state index in [2.05, 4.69) is 10.0 Å². The van der Waals surface area contributed by atoms with Gasteiger partial charge in [0.25, 0.3) is 0 Å². The van der Waals surface area contributed by atoms with E-state index in [9.17, 15) is 18.3 Å². The van der Waals surface area contributed by atoms with Crippen molar-refractivity contribution < 1.29 is 18.3 Å². The van der Waals surface area contributed by atoms with Gasteiger partial charge in [0.15, 0.2) is 0 Å². The summed E-state index contributed by atoms with van der Waals surface area (Å²) in [5.74, 6) is 1.05. The fourth-order valence-corrected chi connectivity index (χ4v) is 8.10. The minimum Gasteiger partial charge on any atom is -0.390 e. The highest BCUT2D eigenvalue weighted by Crippen LogP contribution is 2.55. The number of hydrogen-bond acceptors (Lipinski definition) is 4. The van der Waals surface area contributed by atoms with Gasteiger partial charge in [-0.15, -0.1) is 0 Å². The molecule has 4 aliphatic carbocycles. The van der Waals surface area contributed by atoms with Crippen molar-refractivity contribution in [2.24, 2.45) is 17.8 Å². The van der Waals surface area contributed by atoms with Gasteiger partial charge in [-0.05, 0) is 88.3 Å². The Kier molecular flexibility index (Phi) is 5.49. The zero-order valence-electron chi connectivity index (χ0n) is 17.7. The van der Waals surface area contributed by atoms with Crippen LogP contribution in [0.4, 0.5) is 0 Å². The predicted octanol–water partition coefficient (Wildman–Crippen LogP) is 3.15. The molecule has 0 saturated heterocycles. The van der Waals surface area contributed by atoms with Gasteiger partial charge in [-0.2, -0.15) is 0 Å². The predicted molar refractivity (Wildman–Crippen MR) is 116 cm³/mol. The molecule has 3 N–H and O–H groups in total. The van der Waals surface area contributed by atoms with Crippen LogP contribution < -0.4 is 10.0 Å². The van der Waals surface area contributed by atoms with Gasteiger partial charge in [-0.1, -0.05) is 17.7 Å². The van der Waals surface area contributed by atoms with Crippen LogP contribution in [-0.4, -0.2) is 36.6 Å². The number of sulfonamides is 1. The Balaban J connectivity index is 1.41. The summed E-state index contributed by atoms with van der Waals surface area (Å²) in [6.45, 7) is 5.09. The molecule has 0 aromatic heterocycles. The van der Waals surface area contributed by atoms with E-state index >= 15 is 0 Å². The summed E-state index contributed by atoms with van der Waals surface area (Å²) in [4.78, 5) is 13.0. The van der Waals surface area contributed by atoms with Crippen molar-refractivity contribution in [2.75, 3.05) is 0 Å². The molecule has 4 aliphatic rings. The van der Waals surface area contributed by atoms with E-state index in [0.717, 1.165) is 32.1 Å². The van der Waals surface area contributed by atoms with Gasteiger partial charge in [-0.3, -0.25) is 4.79 Å². The third-order valence-corrected chi connectivity index (χ3v) is 9.34. The van der Waals surface area contributed by atoms with Crippen molar-refractivity contribution in [1.29, 1.82) is 0 Å². The van der Waals surface area contributed by atoms with Crippen LogP contribution in [0, 0.1) is 24.7 Å². The molecule has 30 heavy (non-hydrogen) atoms. The molecule has 0 spiro atoms. The van der Waals surface area contributed by atoms with Crippen LogP contribution in [0.15, 0.2) is 23.1 Å². The first-order chi connectivity index (χ1) is 13.9. The van der Waals surface area contributed by atoms with E-state index < -0.39 is 21.2 Å². The third-order valence-electron chi connectivity index (χ3n) is 7.09.